The summed E-state index contributed by atoms with van der Waals surface area (Å²) in [4.78, 5) is 18.2. The first kappa shape index (κ1) is 18.1. The molecule has 0 spiro atoms. The van der Waals surface area contributed by atoms with Crippen molar-refractivity contribution in [3.63, 3.8) is 0 Å². The highest BCUT2D eigenvalue weighted by molar-refractivity contribution is 7.18. The van der Waals surface area contributed by atoms with E-state index in [4.69, 9.17) is 16.6 Å². The predicted molar refractivity (Wildman–Crippen MR) is 115 cm³/mol. The van der Waals surface area contributed by atoms with E-state index < -0.39 is 11.3 Å². The topological polar surface area (TPSA) is 53.8 Å². The quantitative estimate of drug-likeness (QED) is 0.384. The van der Waals surface area contributed by atoms with Gasteiger partial charge in [0.2, 0.25) is 0 Å². The second-order valence-corrected chi connectivity index (χ2v) is 8.61. The molecule has 0 radical (unpaired) electrons. The summed E-state index contributed by atoms with van der Waals surface area (Å²) >= 11 is 7.97. The predicted octanol–water partition coefficient (Wildman–Crippen LogP) is 6.01. The van der Waals surface area contributed by atoms with E-state index in [1.165, 1.54) is 11.3 Å². The van der Waals surface area contributed by atoms with Gasteiger partial charge in [0.15, 0.2) is 5.78 Å². The largest absolute Gasteiger partial charge is 0.294 e. The van der Waals surface area contributed by atoms with Crippen LogP contribution < -0.4 is 0 Å². The molecule has 1 fully saturated rings. The molecular weight excluding hydrogens is 400 g/mol. The summed E-state index contributed by atoms with van der Waals surface area (Å²) in [5, 5.41) is 11.6. The summed E-state index contributed by atoms with van der Waals surface area (Å²) in [6.45, 7) is 0. The van der Waals surface area contributed by atoms with E-state index in [9.17, 15) is 10.1 Å². The molecule has 29 heavy (non-hydrogen) atoms. The maximum absolute atomic E-state index is 13.4. The van der Waals surface area contributed by atoms with Gasteiger partial charge in [-0.05, 0) is 23.8 Å². The normalized spacial score (nSPS) is 22.9. The summed E-state index contributed by atoms with van der Waals surface area (Å²) in [5.74, 6) is -0.888. The lowest BCUT2D eigenvalue weighted by molar-refractivity contribution is 0.0959. The molecule has 0 saturated heterocycles. The number of hydrogen-bond acceptors (Lipinski definition) is 4. The number of carbonyl (C=O) groups excluding carboxylic acids is 1. The highest BCUT2D eigenvalue weighted by Crippen LogP contribution is 2.68. The van der Waals surface area contributed by atoms with Crippen LogP contribution in [0.5, 0.6) is 0 Å². The lowest BCUT2D eigenvalue weighted by Crippen LogP contribution is -2.13. The maximum Gasteiger partial charge on any atom is 0.168 e. The van der Waals surface area contributed by atoms with Crippen molar-refractivity contribution in [3.8, 4) is 6.07 Å². The summed E-state index contributed by atoms with van der Waals surface area (Å²) in [5.41, 5.74) is 1.26. The van der Waals surface area contributed by atoms with E-state index in [1.54, 1.807) is 18.2 Å². The molecule has 1 heterocycles. The van der Waals surface area contributed by atoms with Crippen molar-refractivity contribution in [2.75, 3.05) is 0 Å². The van der Waals surface area contributed by atoms with Crippen LogP contribution in [-0.2, 0) is 5.41 Å². The van der Waals surface area contributed by atoms with Crippen LogP contribution in [-0.4, -0.2) is 10.8 Å². The van der Waals surface area contributed by atoms with Crippen LogP contribution in [0.2, 0.25) is 5.02 Å². The molecule has 1 aromatic heterocycles. The molecule has 0 amide bonds. The Balaban J connectivity index is 1.69. The first-order valence-electron chi connectivity index (χ1n) is 9.28. The lowest BCUT2D eigenvalue weighted by Gasteiger charge is -2.06. The van der Waals surface area contributed by atoms with E-state index in [2.05, 4.69) is 6.07 Å². The van der Waals surface area contributed by atoms with E-state index in [1.807, 2.05) is 60.7 Å². The molecule has 0 N–H and O–H groups in total. The van der Waals surface area contributed by atoms with Crippen LogP contribution in [0.3, 0.4) is 0 Å². The number of halogens is 1. The molecule has 3 nitrogen and oxygen atoms in total. The van der Waals surface area contributed by atoms with E-state index in [0.29, 0.717) is 15.6 Å². The zero-order chi connectivity index (χ0) is 20.0. The van der Waals surface area contributed by atoms with Crippen LogP contribution in [0.25, 0.3) is 10.2 Å². The molecule has 0 bridgehead atoms. The molecule has 0 aliphatic heterocycles. The van der Waals surface area contributed by atoms with Gasteiger partial charge in [0.25, 0.3) is 0 Å². The number of aromatic nitrogens is 1. The van der Waals surface area contributed by atoms with Crippen molar-refractivity contribution in [1.82, 2.24) is 4.98 Å². The number of hydrogen-bond donors (Lipinski definition) is 0. The number of benzene rings is 3. The number of fused-ring (bicyclic) bond motifs is 1. The van der Waals surface area contributed by atoms with Gasteiger partial charge in [-0.25, -0.2) is 4.98 Å². The van der Waals surface area contributed by atoms with Gasteiger partial charge in [-0.2, -0.15) is 5.26 Å². The molecule has 5 heteroatoms. The van der Waals surface area contributed by atoms with E-state index in [-0.39, 0.29) is 11.7 Å². The van der Waals surface area contributed by atoms with Crippen molar-refractivity contribution in [3.05, 3.63) is 100 Å². The Hall–Kier alpha value is -3.00. The van der Waals surface area contributed by atoms with Crippen molar-refractivity contribution < 1.29 is 4.79 Å². The second-order valence-electron chi connectivity index (χ2n) is 7.17. The number of carbonyl (C=O) groups is 1. The van der Waals surface area contributed by atoms with Gasteiger partial charge in [-0.3, -0.25) is 4.79 Å². The van der Waals surface area contributed by atoms with Crippen molar-refractivity contribution in [2.45, 2.75) is 11.3 Å². The van der Waals surface area contributed by atoms with Crippen LogP contribution >= 0.6 is 22.9 Å². The smallest absolute Gasteiger partial charge is 0.168 e. The molecule has 1 saturated carbocycles. The maximum atomic E-state index is 13.4. The number of thiazole rings is 1. The van der Waals surface area contributed by atoms with Gasteiger partial charge in [0.1, 0.15) is 10.4 Å². The monoisotopic (exact) mass is 414 g/mol. The Morgan fingerprint density at radius 3 is 2.41 bits per heavy atom. The van der Waals surface area contributed by atoms with Gasteiger partial charge < -0.3 is 0 Å². The van der Waals surface area contributed by atoms with Gasteiger partial charge in [-0.1, -0.05) is 72.3 Å². The first-order valence-corrected chi connectivity index (χ1v) is 10.5. The minimum atomic E-state index is -1.01. The van der Waals surface area contributed by atoms with E-state index >= 15 is 0 Å². The average Bonchev–Trinajstić information content (AvgIpc) is 3.24. The van der Waals surface area contributed by atoms with E-state index in [0.717, 1.165) is 15.8 Å². The van der Waals surface area contributed by atoms with Crippen LogP contribution in [0.15, 0.2) is 78.9 Å². The first-order chi connectivity index (χ1) is 14.2. The number of nitriles is 1. The third kappa shape index (κ3) is 2.70. The number of Topliss-reactive ketones (excluding diaryl/α,β-unsaturated/α-hetero) is 1. The third-order valence-electron chi connectivity index (χ3n) is 5.62. The van der Waals surface area contributed by atoms with Crippen LogP contribution in [0.1, 0.15) is 26.8 Å². The summed E-state index contributed by atoms with van der Waals surface area (Å²) < 4.78 is 1.01. The minimum absolute atomic E-state index is 0.0451. The highest BCUT2D eigenvalue weighted by atomic mass is 35.5. The molecule has 1 aliphatic carbocycles. The summed E-state index contributed by atoms with van der Waals surface area (Å²) in [6.07, 6.45) is 0. The second kappa shape index (κ2) is 6.81. The fourth-order valence-electron chi connectivity index (χ4n) is 4.18. The molecule has 1 aliphatic rings. The van der Waals surface area contributed by atoms with Crippen LogP contribution in [0, 0.1) is 17.2 Å². The number of para-hydroxylation sites is 1. The lowest BCUT2D eigenvalue weighted by atomic mass is 9.99. The molecule has 3 atom stereocenters. The zero-order valence-electron chi connectivity index (χ0n) is 15.2. The third-order valence-corrected chi connectivity index (χ3v) is 7.15. The molecule has 5 rings (SSSR count). The van der Waals surface area contributed by atoms with Gasteiger partial charge in [0.05, 0.1) is 22.2 Å². The zero-order valence-corrected chi connectivity index (χ0v) is 16.8. The highest BCUT2D eigenvalue weighted by Gasteiger charge is 2.72. The number of rotatable bonds is 4. The molecule has 4 aromatic rings. The Labute approximate surface area is 177 Å². The molecule has 140 valence electrons. The summed E-state index contributed by atoms with van der Waals surface area (Å²) in [7, 11) is 0. The standard InChI is InChI=1S/C24H15ClN2OS/c25-17-11-5-4-10-16(17)20-21(22(28)15-8-2-1-3-9-15)24(20,14-26)23-27-18-12-6-7-13-19(18)29-23/h1-13,20-21H/t20-,21-,24+/m0/s1. The van der Waals surface area contributed by atoms with Crippen LogP contribution in [0.4, 0.5) is 0 Å². The van der Waals surface area contributed by atoms with Crippen molar-refractivity contribution >= 4 is 38.9 Å². The Morgan fingerprint density at radius 1 is 1.00 bits per heavy atom. The minimum Gasteiger partial charge on any atom is -0.294 e. The van der Waals surface area contributed by atoms with Gasteiger partial charge >= 0.3 is 0 Å². The Bertz CT molecular complexity index is 1240. The number of ketones is 1. The Kier molecular flexibility index (Phi) is 4.24. The molecule has 3 aromatic carbocycles. The van der Waals surface area contributed by atoms with Crippen molar-refractivity contribution in [1.29, 1.82) is 5.26 Å². The Morgan fingerprint density at radius 2 is 1.69 bits per heavy atom. The average molecular weight is 415 g/mol. The summed E-state index contributed by atoms with van der Waals surface area (Å²) in [6, 6.07) is 26.9. The van der Waals surface area contributed by atoms with Crippen molar-refractivity contribution in [2.24, 2.45) is 5.92 Å². The number of nitrogens with zero attached hydrogens (tertiary/aromatic N) is 2. The van der Waals surface area contributed by atoms with Gasteiger partial charge in [-0.15, -0.1) is 11.3 Å². The molecular formula is C24H15ClN2OS. The SMILES string of the molecule is N#C[C@]1(c2nc3ccccc3s2)[C@H](C(=O)c2ccccc2)[C@@H]1c1ccccc1Cl. The fourth-order valence-corrected chi connectivity index (χ4v) is 5.62. The van der Waals surface area contributed by atoms with Gasteiger partial charge in [0, 0.05) is 16.5 Å². The molecule has 0 unspecified atom stereocenters. The fraction of sp³-hybridized carbons (Fsp3) is 0.125.